The van der Waals surface area contributed by atoms with E-state index in [0.717, 1.165) is 5.01 Å². The molecule has 148 valence electrons. The number of nitro benzene ring substituents is 2. The predicted molar refractivity (Wildman–Crippen MR) is 91.4 cm³/mol. The third kappa shape index (κ3) is 4.63. The summed E-state index contributed by atoms with van der Waals surface area (Å²) < 4.78 is 38.9. The van der Waals surface area contributed by atoms with Crippen molar-refractivity contribution in [2.24, 2.45) is 5.73 Å². The van der Waals surface area contributed by atoms with Crippen molar-refractivity contribution in [1.29, 1.82) is 0 Å². The van der Waals surface area contributed by atoms with Crippen molar-refractivity contribution in [3.8, 4) is 0 Å². The van der Waals surface area contributed by atoms with Gasteiger partial charge >= 0.3 is 17.6 Å². The quantitative estimate of drug-likeness (QED) is 0.538. The number of nitro groups is 2. The number of amides is 1. The molecule has 10 nitrogen and oxygen atoms in total. The molecule has 2 aromatic carbocycles. The lowest BCUT2D eigenvalue weighted by molar-refractivity contribution is -0.392. The van der Waals surface area contributed by atoms with Crippen LogP contribution in [0.15, 0.2) is 42.5 Å². The van der Waals surface area contributed by atoms with E-state index in [1.807, 2.05) is 0 Å². The predicted octanol–water partition coefficient (Wildman–Crippen LogP) is 2.84. The van der Waals surface area contributed by atoms with Gasteiger partial charge in [0.05, 0.1) is 21.1 Å². The molecule has 0 atom stereocenters. The van der Waals surface area contributed by atoms with Crippen LogP contribution in [0.2, 0.25) is 0 Å². The zero-order valence-electron chi connectivity index (χ0n) is 13.8. The highest BCUT2D eigenvalue weighted by molar-refractivity contribution is 5.83. The number of nitrogens with one attached hydrogen (secondary N) is 1. The zero-order valence-corrected chi connectivity index (χ0v) is 13.8. The van der Waals surface area contributed by atoms with Crippen LogP contribution in [0, 0.1) is 20.2 Å². The van der Waals surface area contributed by atoms with Crippen molar-refractivity contribution < 1.29 is 27.8 Å². The molecule has 0 bridgehead atoms. The van der Waals surface area contributed by atoms with Gasteiger partial charge in [0.2, 0.25) is 11.6 Å². The summed E-state index contributed by atoms with van der Waals surface area (Å²) in [6.07, 6.45) is -5.04. The Balaban J connectivity index is 2.65. The van der Waals surface area contributed by atoms with Crippen LogP contribution in [0.3, 0.4) is 0 Å². The molecule has 0 saturated heterocycles. The number of primary amides is 1. The SMILES string of the molecule is NC(=O)CN(Nc1c([N+](=O)[O-])cc(C(F)(F)F)cc1[N+](=O)[O-])c1ccccc1. The van der Waals surface area contributed by atoms with Gasteiger partial charge in [-0.3, -0.25) is 35.5 Å². The third-order valence-corrected chi connectivity index (χ3v) is 3.45. The van der Waals surface area contributed by atoms with E-state index in [0.29, 0.717) is 0 Å². The first-order chi connectivity index (χ1) is 13.0. The van der Waals surface area contributed by atoms with Gasteiger partial charge in [0.25, 0.3) is 0 Å². The molecule has 28 heavy (non-hydrogen) atoms. The molecule has 0 spiro atoms. The van der Waals surface area contributed by atoms with E-state index in [4.69, 9.17) is 5.73 Å². The first kappa shape index (κ1) is 20.4. The van der Waals surface area contributed by atoms with Crippen molar-refractivity contribution in [2.75, 3.05) is 17.0 Å². The van der Waals surface area contributed by atoms with Crippen LogP contribution in [0.25, 0.3) is 0 Å². The van der Waals surface area contributed by atoms with Gasteiger partial charge in [0.1, 0.15) is 6.54 Å². The number of hydrogen-bond donors (Lipinski definition) is 2. The van der Waals surface area contributed by atoms with Crippen molar-refractivity contribution in [3.05, 3.63) is 68.3 Å². The standard InChI is InChI=1S/C15H12F3N5O5/c16-15(17,18)9-6-11(22(25)26)14(12(7-9)23(27)28)20-21(8-13(19)24)10-4-2-1-3-5-10/h1-7,20H,8H2,(H2,19,24). The van der Waals surface area contributed by atoms with Gasteiger partial charge in [0.15, 0.2) is 0 Å². The fourth-order valence-corrected chi connectivity index (χ4v) is 2.27. The summed E-state index contributed by atoms with van der Waals surface area (Å²) in [5.41, 5.74) is 2.89. The molecule has 0 heterocycles. The molecular formula is C15H12F3N5O5. The van der Waals surface area contributed by atoms with Crippen LogP contribution in [0.4, 0.5) is 35.9 Å². The number of hydrogen-bond acceptors (Lipinski definition) is 7. The average Bonchev–Trinajstić information content (AvgIpc) is 2.60. The van der Waals surface area contributed by atoms with Crippen molar-refractivity contribution in [2.45, 2.75) is 6.18 Å². The Bertz CT molecular complexity index is 885. The summed E-state index contributed by atoms with van der Waals surface area (Å²) in [5.74, 6) is -0.895. The molecule has 3 N–H and O–H groups in total. The fraction of sp³-hybridized carbons (Fsp3) is 0.133. The molecule has 0 saturated carbocycles. The number of para-hydroxylation sites is 1. The Kier molecular flexibility index (Phi) is 5.67. The highest BCUT2D eigenvalue weighted by Crippen LogP contribution is 2.41. The lowest BCUT2D eigenvalue weighted by Crippen LogP contribution is -2.38. The lowest BCUT2D eigenvalue weighted by Gasteiger charge is -2.25. The zero-order chi connectivity index (χ0) is 21.1. The lowest BCUT2D eigenvalue weighted by atomic mass is 10.1. The molecular weight excluding hydrogens is 387 g/mol. The van der Waals surface area contributed by atoms with Gasteiger partial charge in [-0.05, 0) is 12.1 Å². The van der Waals surface area contributed by atoms with E-state index in [1.165, 1.54) is 12.1 Å². The molecule has 2 rings (SSSR count). The Morgan fingerprint density at radius 1 is 1.07 bits per heavy atom. The summed E-state index contributed by atoms with van der Waals surface area (Å²) >= 11 is 0. The summed E-state index contributed by atoms with van der Waals surface area (Å²) in [7, 11) is 0. The molecule has 1 amide bonds. The maximum absolute atomic E-state index is 13.0. The second kappa shape index (κ2) is 7.77. The van der Waals surface area contributed by atoms with Crippen molar-refractivity contribution in [1.82, 2.24) is 0 Å². The third-order valence-electron chi connectivity index (χ3n) is 3.45. The van der Waals surface area contributed by atoms with Crippen LogP contribution in [0.1, 0.15) is 5.56 Å². The number of alkyl halides is 3. The highest BCUT2D eigenvalue weighted by atomic mass is 19.4. The molecule has 0 aliphatic heterocycles. The van der Waals surface area contributed by atoms with Crippen LogP contribution >= 0.6 is 0 Å². The number of rotatable bonds is 7. The molecule has 0 radical (unpaired) electrons. The number of carbonyl (C=O) groups excluding carboxylic acids is 1. The Labute approximate surface area is 154 Å². The van der Waals surface area contributed by atoms with Crippen LogP contribution < -0.4 is 16.2 Å². The largest absolute Gasteiger partial charge is 0.416 e. The number of carbonyl (C=O) groups is 1. The minimum atomic E-state index is -5.04. The first-order valence-electron chi connectivity index (χ1n) is 7.42. The normalized spacial score (nSPS) is 11.0. The topological polar surface area (TPSA) is 145 Å². The first-order valence-corrected chi connectivity index (χ1v) is 7.42. The minimum Gasteiger partial charge on any atom is -0.368 e. The number of nitrogens with zero attached hydrogens (tertiary/aromatic N) is 3. The smallest absolute Gasteiger partial charge is 0.368 e. The molecule has 0 aliphatic carbocycles. The fourth-order valence-electron chi connectivity index (χ4n) is 2.27. The summed E-state index contributed by atoms with van der Waals surface area (Å²) in [6.45, 7) is -0.570. The number of nitrogens with two attached hydrogens (primary N) is 1. The monoisotopic (exact) mass is 399 g/mol. The second-order valence-corrected chi connectivity index (χ2v) is 5.40. The molecule has 0 aliphatic rings. The average molecular weight is 399 g/mol. The molecule has 0 aromatic heterocycles. The van der Waals surface area contributed by atoms with E-state index in [2.05, 4.69) is 5.43 Å². The van der Waals surface area contributed by atoms with E-state index in [-0.39, 0.29) is 17.8 Å². The van der Waals surface area contributed by atoms with Gasteiger partial charge in [-0.25, -0.2) is 0 Å². The Hall–Kier alpha value is -3.90. The van der Waals surface area contributed by atoms with Gasteiger partial charge in [-0.1, -0.05) is 18.2 Å². The molecule has 2 aromatic rings. The summed E-state index contributed by atoms with van der Waals surface area (Å²) in [6, 6.07) is 7.96. The minimum absolute atomic E-state index is 0.169. The number of hydrazine groups is 1. The van der Waals surface area contributed by atoms with Gasteiger partial charge in [-0.2, -0.15) is 13.2 Å². The molecule has 13 heteroatoms. The van der Waals surface area contributed by atoms with E-state index < -0.39 is 51.1 Å². The van der Waals surface area contributed by atoms with Crippen molar-refractivity contribution in [3.63, 3.8) is 0 Å². The highest BCUT2D eigenvalue weighted by Gasteiger charge is 2.38. The number of benzene rings is 2. The second-order valence-electron chi connectivity index (χ2n) is 5.40. The molecule has 0 unspecified atom stereocenters. The number of anilines is 2. The number of halogens is 3. The van der Waals surface area contributed by atoms with Gasteiger partial charge < -0.3 is 5.73 Å². The Morgan fingerprint density at radius 2 is 1.57 bits per heavy atom. The maximum atomic E-state index is 13.0. The van der Waals surface area contributed by atoms with E-state index in [1.54, 1.807) is 18.2 Å². The van der Waals surface area contributed by atoms with Crippen LogP contribution in [-0.2, 0) is 11.0 Å². The maximum Gasteiger partial charge on any atom is 0.416 e. The van der Waals surface area contributed by atoms with Gasteiger partial charge in [0, 0.05) is 12.1 Å². The van der Waals surface area contributed by atoms with E-state index >= 15 is 0 Å². The summed E-state index contributed by atoms with van der Waals surface area (Å²) in [5, 5.41) is 23.5. The Morgan fingerprint density at radius 3 is 1.96 bits per heavy atom. The van der Waals surface area contributed by atoms with E-state index in [9.17, 15) is 38.2 Å². The molecule has 0 fully saturated rings. The van der Waals surface area contributed by atoms with Crippen molar-refractivity contribution >= 4 is 28.7 Å². The van der Waals surface area contributed by atoms with Crippen LogP contribution in [-0.4, -0.2) is 22.3 Å². The van der Waals surface area contributed by atoms with Gasteiger partial charge in [-0.15, -0.1) is 0 Å². The van der Waals surface area contributed by atoms with Crippen LogP contribution in [0.5, 0.6) is 0 Å². The summed E-state index contributed by atoms with van der Waals surface area (Å²) in [4.78, 5) is 31.5.